The largest absolute Gasteiger partial charge is 0.493 e. The molecule has 7 heteroatoms. The minimum Gasteiger partial charge on any atom is -0.493 e. The smallest absolute Gasteiger partial charge is 0.255 e. The third kappa shape index (κ3) is 5.96. The van der Waals surface area contributed by atoms with Crippen LogP contribution in [0.4, 0.5) is 11.4 Å². The van der Waals surface area contributed by atoms with E-state index in [-0.39, 0.29) is 24.8 Å². The van der Waals surface area contributed by atoms with Crippen molar-refractivity contribution in [2.75, 3.05) is 38.6 Å². The highest BCUT2D eigenvalue weighted by molar-refractivity contribution is 6.06. The first-order valence-electron chi connectivity index (χ1n) is 9.35. The van der Waals surface area contributed by atoms with Crippen LogP contribution in [0.15, 0.2) is 36.4 Å². The SMILES string of the molecule is COCCC(=O)Nc1cc(C(=O)Nc2cccc(C(C)C)c2)cc(OC)c1OC. The van der Waals surface area contributed by atoms with E-state index in [1.165, 1.54) is 21.3 Å². The lowest BCUT2D eigenvalue weighted by Crippen LogP contribution is -2.17. The molecule has 2 N–H and O–H groups in total. The van der Waals surface area contributed by atoms with Gasteiger partial charge in [-0.1, -0.05) is 26.0 Å². The van der Waals surface area contributed by atoms with Crippen LogP contribution in [0.3, 0.4) is 0 Å². The Morgan fingerprint density at radius 3 is 2.38 bits per heavy atom. The van der Waals surface area contributed by atoms with Gasteiger partial charge in [0.1, 0.15) is 0 Å². The summed E-state index contributed by atoms with van der Waals surface area (Å²) in [6.07, 6.45) is 0.181. The number of hydrogen-bond donors (Lipinski definition) is 2. The predicted molar refractivity (Wildman–Crippen MR) is 113 cm³/mol. The van der Waals surface area contributed by atoms with Crippen molar-refractivity contribution >= 4 is 23.2 Å². The fraction of sp³-hybridized carbons (Fsp3) is 0.364. The van der Waals surface area contributed by atoms with Crippen molar-refractivity contribution in [1.29, 1.82) is 0 Å². The lowest BCUT2D eigenvalue weighted by atomic mass is 10.0. The maximum atomic E-state index is 12.8. The Morgan fingerprint density at radius 2 is 1.76 bits per heavy atom. The van der Waals surface area contributed by atoms with Gasteiger partial charge in [-0.25, -0.2) is 0 Å². The second-order valence-electron chi connectivity index (χ2n) is 6.78. The molecule has 0 aliphatic carbocycles. The molecule has 0 aliphatic rings. The fourth-order valence-electron chi connectivity index (χ4n) is 2.77. The van der Waals surface area contributed by atoms with Gasteiger partial charge in [-0.15, -0.1) is 0 Å². The van der Waals surface area contributed by atoms with Gasteiger partial charge in [0.2, 0.25) is 5.91 Å². The van der Waals surface area contributed by atoms with Crippen molar-refractivity contribution in [1.82, 2.24) is 0 Å². The average Bonchev–Trinajstić information content (AvgIpc) is 2.71. The summed E-state index contributed by atoms with van der Waals surface area (Å²) < 4.78 is 15.6. The number of carbonyl (C=O) groups is 2. The summed E-state index contributed by atoms with van der Waals surface area (Å²) in [6, 6.07) is 10.8. The summed E-state index contributed by atoms with van der Waals surface area (Å²) in [5, 5.41) is 5.64. The molecule has 29 heavy (non-hydrogen) atoms. The normalized spacial score (nSPS) is 10.6. The zero-order chi connectivity index (χ0) is 21.4. The van der Waals surface area contributed by atoms with Crippen LogP contribution in [0, 0.1) is 0 Å². The number of rotatable bonds is 9. The second kappa shape index (κ2) is 10.5. The number of ether oxygens (including phenoxy) is 3. The van der Waals surface area contributed by atoms with Crippen LogP contribution in [-0.2, 0) is 9.53 Å². The standard InChI is InChI=1S/C22H28N2O5/c1-14(2)15-7-6-8-17(11-15)23-22(26)16-12-18(24-20(25)9-10-27-3)21(29-5)19(13-16)28-4/h6-8,11-14H,9-10H2,1-5H3,(H,23,26)(H,24,25). The van der Waals surface area contributed by atoms with Gasteiger partial charge >= 0.3 is 0 Å². The van der Waals surface area contributed by atoms with Crippen LogP contribution >= 0.6 is 0 Å². The van der Waals surface area contributed by atoms with Crippen molar-refractivity contribution in [3.8, 4) is 11.5 Å². The molecule has 2 aromatic carbocycles. The topological polar surface area (TPSA) is 85.9 Å². The third-order valence-corrected chi connectivity index (χ3v) is 4.36. The first-order chi connectivity index (χ1) is 13.9. The predicted octanol–water partition coefficient (Wildman–Crippen LogP) is 4.05. The van der Waals surface area contributed by atoms with E-state index >= 15 is 0 Å². The van der Waals surface area contributed by atoms with E-state index in [0.717, 1.165) is 5.56 Å². The first kappa shape index (κ1) is 22.2. The summed E-state index contributed by atoms with van der Waals surface area (Å²) >= 11 is 0. The highest BCUT2D eigenvalue weighted by Gasteiger charge is 2.18. The van der Waals surface area contributed by atoms with Gasteiger partial charge in [-0.2, -0.15) is 0 Å². The van der Waals surface area contributed by atoms with Gasteiger partial charge in [0.05, 0.1) is 32.9 Å². The quantitative estimate of drug-likeness (QED) is 0.663. The molecule has 0 spiro atoms. The fourth-order valence-corrected chi connectivity index (χ4v) is 2.77. The van der Waals surface area contributed by atoms with Crippen LogP contribution in [0.1, 0.15) is 42.1 Å². The highest BCUT2D eigenvalue weighted by Crippen LogP contribution is 2.37. The Balaban J connectivity index is 2.31. The zero-order valence-electron chi connectivity index (χ0n) is 17.5. The maximum Gasteiger partial charge on any atom is 0.255 e. The minimum atomic E-state index is -0.320. The molecular weight excluding hydrogens is 372 g/mol. The summed E-state index contributed by atoms with van der Waals surface area (Å²) in [5.74, 6) is 0.463. The molecule has 2 aromatic rings. The Bertz CT molecular complexity index is 864. The summed E-state index contributed by atoms with van der Waals surface area (Å²) in [7, 11) is 4.47. The number of amides is 2. The third-order valence-electron chi connectivity index (χ3n) is 4.36. The number of nitrogens with one attached hydrogen (secondary N) is 2. The number of anilines is 2. The molecule has 2 amide bonds. The molecular formula is C22H28N2O5. The van der Waals surface area contributed by atoms with Crippen molar-refractivity contribution < 1.29 is 23.8 Å². The number of benzene rings is 2. The summed E-state index contributed by atoms with van der Waals surface area (Å²) in [5.41, 5.74) is 2.51. The Labute approximate surface area is 171 Å². The highest BCUT2D eigenvalue weighted by atomic mass is 16.5. The molecule has 2 rings (SSSR count). The minimum absolute atomic E-state index is 0.181. The molecule has 0 atom stereocenters. The van der Waals surface area contributed by atoms with Gasteiger partial charge in [-0.3, -0.25) is 9.59 Å². The van der Waals surface area contributed by atoms with Crippen LogP contribution in [-0.4, -0.2) is 39.8 Å². The maximum absolute atomic E-state index is 12.8. The van der Waals surface area contributed by atoms with E-state index in [4.69, 9.17) is 14.2 Å². The van der Waals surface area contributed by atoms with Gasteiger partial charge in [0.15, 0.2) is 11.5 Å². The van der Waals surface area contributed by atoms with Crippen LogP contribution in [0.5, 0.6) is 11.5 Å². The van der Waals surface area contributed by atoms with Crippen molar-refractivity contribution in [2.24, 2.45) is 0 Å². The van der Waals surface area contributed by atoms with E-state index in [9.17, 15) is 9.59 Å². The molecule has 0 saturated heterocycles. The van der Waals surface area contributed by atoms with E-state index in [0.29, 0.717) is 34.4 Å². The van der Waals surface area contributed by atoms with Crippen LogP contribution in [0.2, 0.25) is 0 Å². The Morgan fingerprint density at radius 1 is 1.00 bits per heavy atom. The molecule has 0 bridgehead atoms. The van der Waals surface area contributed by atoms with E-state index in [2.05, 4.69) is 24.5 Å². The molecule has 0 unspecified atom stereocenters. The molecule has 0 heterocycles. The number of carbonyl (C=O) groups excluding carboxylic acids is 2. The monoisotopic (exact) mass is 400 g/mol. The summed E-state index contributed by atoms with van der Waals surface area (Å²) in [4.78, 5) is 25.0. The molecule has 0 aliphatic heterocycles. The van der Waals surface area contributed by atoms with E-state index in [1.54, 1.807) is 12.1 Å². The van der Waals surface area contributed by atoms with Crippen LogP contribution < -0.4 is 20.1 Å². The Kier molecular flexibility index (Phi) is 8.03. The van der Waals surface area contributed by atoms with Crippen molar-refractivity contribution in [3.05, 3.63) is 47.5 Å². The number of hydrogen-bond acceptors (Lipinski definition) is 5. The average molecular weight is 400 g/mol. The molecule has 0 radical (unpaired) electrons. The summed E-state index contributed by atoms with van der Waals surface area (Å²) in [6.45, 7) is 4.47. The molecule has 0 saturated carbocycles. The molecule has 0 aromatic heterocycles. The second-order valence-corrected chi connectivity index (χ2v) is 6.78. The van der Waals surface area contributed by atoms with E-state index < -0.39 is 0 Å². The molecule has 156 valence electrons. The molecule has 0 fully saturated rings. The van der Waals surface area contributed by atoms with Crippen molar-refractivity contribution in [3.63, 3.8) is 0 Å². The van der Waals surface area contributed by atoms with E-state index in [1.807, 2.05) is 24.3 Å². The Hall–Kier alpha value is -3.06. The number of methoxy groups -OCH3 is 3. The van der Waals surface area contributed by atoms with Gasteiger partial charge in [-0.05, 0) is 35.7 Å². The lowest BCUT2D eigenvalue weighted by molar-refractivity contribution is -0.117. The molecule has 7 nitrogen and oxygen atoms in total. The van der Waals surface area contributed by atoms with Gasteiger partial charge < -0.3 is 24.8 Å². The van der Waals surface area contributed by atoms with Crippen LogP contribution in [0.25, 0.3) is 0 Å². The van der Waals surface area contributed by atoms with Gasteiger partial charge in [0, 0.05) is 18.4 Å². The lowest BCUT2D eigenvalue weighted by Gasteiger charge is -2.16. The zero-order valence-corrected chi connectivity index (χ0v) is 17.5. The van der Waals surface area contributed by atoms with Crippen molar-refractivity contribution in [2.45, 2.75) is 26.2 Å². The van der Waals surface area contributed by atoms with Gasteiger partial charge in [0.25, 0.3) is 5.91 Å². The first-order valence-corrected chi connectivity index (χ1v) is 9.35.